The van der Waals surface area contributed by atoms with Crippen LogP contribution in [0.1, 0.15) is 32.8 Å². The van der Waals surface area contributed by atoms with E-state index < -0.39 is 10.0 Å². The lowest BCUT2D eigenvalue weighted by Crippen LogP contribution is -2.37. The average molecular weight is 320 g/mol. The fourth-order valence-corrected chi connectivity index (χ4v) is 4.04. The molecule has 1 aromatic carbocycles. The van der Waals surface area contributed by atoms with Crippen LogP contribution in [0.25, 0.3) is 0 Å². The highest BCUT2D eigenvalue weighted by molar-refractivity contribution is 7.89. The van der Waals surface area contributed by atoms with Crippen LogP contribution < -0.4 is 4.74 Å². The highest BCUT2D eigenvalue weighted by atomic mass is 35.5. The van der Waals surface area contributed by atoms with Crippen LogP contribution in [-0.4, -0.2) is 32.4 Å². The zero-order chi connectivity index (χ0) is 15.3. The van der Waals surface area contributed by atoms with Crippen molar-refractivity contribution in [3.8, 4) is 5.75 Å². The van der Waals surface area contributed by atoms with Crippen molar-refractivity contribution in [3.05, 3.63) is 23.8 Å². The van der Waals surface area contributed by atoms with Crippen LogP contribution in [-0.2, 0) is 15.9 Å². The summed E-state index contributed by atoms with van der Waals surface area (Å²) >= 11 is 5.77. The van der Waals surface area contributed by atoms with Gasteiger partial charge in [0.15, 0.2) is 0 Å². The minimum Gasteiger partial charge on any atom is -0.495 e. The number of halogens is 1. The van der Waals surface area contributed by atoms with Gasteiger partial charge in [0.05, 0.1) is 7.11 Å². The van der Waals surface area contributed by atoms with Gasteiger partial charge in [-0.1, -0.05) is 13.0 Å². The van der Waals surface area contributed by atoms with Gasteiger partial charge in [-0.25, -0.2) is 8.42 Å². The largest absolute Gasteiger partial charge is 0.495 e. The molecule has 4 nitrogen and oxygen atoms in total. The molecule has 0 spiro atoms. The number of hydrogen-bond acceptors (Lipinski definition) is 3. The van der Waals surface area contributed by atoms with E-state index in [0.29, 0.717) is 18.2 Å². The number of ether oxygens (including phenoxy) is 1. The second kappa shape index (κ2) is 7.29. The van der Waals surface area contributed by atoms with Gasteiger partial charge in [-0.05, 0) is 38.0 Å². The first-order valence-electron chi connectivity index (χ1n) is 6.63. The van der Waals surface area contributed by atoms with Crippen LogP contribution in [0.15, 0.2) is 23.1 Å². The molecule has 114 valence electrons. The molecule has 0 bridgehead atoms. The summed E-state index contributed by atoms with van der Waals surface area (Å²) in [5, 5.41) is 0. The fraction of sp³-hybridized carbons (Fsp3) is 0.571. The number of benzene rings is 1. The fourth-order valence-electron chi connectivity index (χ4n) is 2.01. The Morgan fingerprint density at radius 3 is 2.45 bits per heavy atom. The normalized spacial score (nSPS) is 12.2. The number of methoxy groups -OCH3 is 1. The van der Waals surface area contributed by atoms with Crippen LogP contribution in [0.4, 0.5) is 0 Å². The van der Waals surface area contributed by atoms with E-state index in [-0.39, 0.29) is 10.9 Å². The Kier molecular flexibility index (Phi) is 6.30. The summed E-state index contributed by atoms with van der Waals surface area (Å²) in [6, 6.07) is 4.85. The molecular weight excluding hydrogens is 298 g/mol. The van der Waals surface area contributed by atoms with E-state index in [0.717, 1.165) is 12.0 Å². The molecule has 0 aliphatic carbocycles. The maximum absolute atomic E-state index is 12.8. The minimum absolute atomic E-state index is 0.0997. The summed E-state index contributed by atoms with van der Waals surface area (Å²) in [5.41, 5.74) is 0.828. The first kappa shape index (κ1) is 17.3. The van der Waals surface area contributed by atoms with Crippen LogP contribution in [0.3, 0.4) is 0 Å². The molecule has 0 N–H and O–H groups in total. The zero-order valence-electron chi connectivity index (χ0n) is 12.4. The Morgan fingerprint density at radius 2 is 2.00 bits per heavy atom. The summed E-state index contributed by atoms with van der Waals surface area (Å²) in [5.74, 6) is 0.657. The van der Waals surface area contributed by atoms with Crippen LogP contribution in [0, 0.1) is 0 Å². The van der Waals surface area contributed by atoms with Gasteiger partial charge in [0.1, 0.15) is 10.6 Å². The molecule has 0 fully saturated rings. The first-order chi connectivity index (χ1) is 9.38. The predicted octanol–water partition coefficient (Wildman–Crippen LogP) is 3.24. The lowest BCUT2D eigenvalue weighted by molar-refractivity contribution is 0.349. The van der Waals surface area contributed by atoms with Crippen molar-refractivity contribution in [2.45, 2.75) is 44.0 Å². The van der Waals surface area contributed by atoms with E-state index in [9.17, 15) is 8.42 Å². The smallest absolute Gasteiger partial charge is 0.246 e. The topological polar surface area (TPSA) is 46.6 Å². The van der Waals surface area contributed by atoms with Crippen molar-refractivity contribution in [3.63, 3.8) is 0 Å². The first-order valence-corrected chi connectivity index (χ1v) is 8.60. The lowest BCUT2D eigenvalue weighted by Gasteiger charge is -2.26. The molecule has 20 heavy (non-hydrogen) atoms. The van der Waals surface area contributed by atoms with Gasteiger partial charge >= 0.3 is 0 Å². The Labute approximate surface area is 126 Å². The SMILES string of the molecule is CCCN(C(C)C)S(=O)(=O)c1ccc(CCl)cc1OC. The van der Waals surface area contributed by atoms with Gasteiger partial charge in [0.25, 0.3) is 0 Å². The summed E-state index contributed by atoms with van der Waals surface area (Å²) in [6.45, 7) is 6.18. The van der Waals surface area contributed by atoms with Crippen LogP contribution in [0.5, 0.6) is 5.75 Å². The molecule has 0 radical (unpaired) electrons. The number of alkyl halides is 1. The van der Waals surface area contributed by atoms with Gasteiger partial charge < -0.3 is 4.74 Å². The van der Waals surface area contributed by atoms with Gasteiger partial charge in [-0.3, -0.25) is 0 Å². The quantitative estimate of drug-likeness (QED) is 0.725. The molecule has 0 saturated carbocycles. The molecule has 6 heteroatoms. The third-order valence-electron chi connectivity index (χ3n) is 2.99. The van der Waals surface area contributed by atoms with E-state index in [1.807, 2.05) is 20.8 Å². The van der Waals surface area contributed by atoms with Gasteiger partial charge in [0.2, 0.25) is 10.0 Å². The summed E-state index contributed by atoms with van der Waals surface area (Å²) in [7, 11) is -2.10. The number of nitrogens with zero attached hydrogens (tertiary/aromatic N) is 1. The third kappa shape index (κ3) is 3.65. The molecule has 0 aliphatic heterocycles. The molecule has 0 heterocycles. The van der Waals surface area contributed by atoms with Gasteiger partial charge in [-0.15, -0.1) is 11.6 Å². The van der Waals surface area contributed by atoms with Gasteiger partial charge in [-0.2, -0.15) is 4.31 Å². The zero-order valence-corrected chi connectivity index (χ0v) is 14.0. The van der Waals surface area contributed by atoms with Crippen LogP contribution in [0.2, 0.25) is 0 Å². The maximum atomic E-state index is 12.8. The van der Waals surface area contributed by atoms with Gasteiger partial charge in [0, 0.05) is 18.5 Å². The van der Waals surface area contributed by atoms with Crippen molar-refractivity contribution >= 4 is 21.6 Å². The highest BCUT2D eigenvalue weighted by Crippen LogP contribution is 2.29. The maximum Gasteiger partial charge on any atom is 0.246 e. The molecule has 1 aromatic rings. The van der Waals surface area contributed by atoms with E-state index >= 15 is 0 Å². The third-order valence-corrected chi connectivity index (χ3v) is 5.41. The summed E-state index contributed by atoms with van der Waals surface area (Å²) in [4.78, 5) is 0.191. The number of sulfonamides is 1. The van der Waals surface area contributed by atoms with E-state index in [1.54, 1.807) is 18.2 Å². The van der Waals surface area contributed by atoms with E-state index in [2.05, 4.69) is 0 Å². The Balaban J connectivity index is 3.33. The highest BCUT2D eigenvalue weighted by Gasteiger charge is 2.29. The number of hydrogen-bond donors (Lipinski definition) is 0. The van der Waals surface area contributed by atoms with Crippen LogP contribution >= 0.6 is 11.6 Å². The number of rotatable bonds is 7. The lowest BCUT2D eigenvalue weighted by atomic mass is 10.2. The molecule has 0 amide bonds. The average Bonchev–Trinajstić information content (AvgIpc) is 2.43. The minimum atomic E-state index is -3.56. The Morgan fingerprint density at radius 1 is 1.35 bits per heavy atom. The molecule has 0 saturated heterocycles. The second-order valence-electron chi connectivity index (χ2n) is 4.83. The molecule has 0 aromatic heterocycles. The molecule has 0 aliphatic rings. The molecule has 1 rings (SSSR count). The van der Waals surface area contributed by atoms with Crippen molar-refractivity contribution in [2.75, 3.05) is 13.7 Å². The summed E-state index contributed by atoms with van der Waals surface area (Å²) < 4.78 is 32.2. The van der Waals surface area contributed by atoms with E-state index in [4.69, 9.17) is 16.3 Å². The molecule has 0 atom stereocenters. The second-order valence-corrected chi connectivity index (χ2v) is 6.95. The van der Waals surface area contributed by atoms with Crippen molar-refractivity contribution in [1.29, 1.82) is 0 Å². The van der Waals surface area contributed by atoms with Crippen molar-refractivity contribution < 1.29 is 13.2 Å². The Hall–Kier alpha value is -0.780. The predicted molar refractivity (Wildman–Crippen MR) is 81.9 cm³/mol. The van der Waals surface area contributed by atoms with Crippen molar-refractivity contribution in [1.82, 2.24) is 4.31 Å². The Bertz CT molecular complexity index is 543. The summed E-state index contributed by atoms with van der Waals surface area (Å²) in [6.07, 6.45) is 0.763. The van der Waals surface area contributed by atoms with E-state index in [1.165, 1.54) is 11.4 Å². The monoisotopic (exact) mass is 319 g/mol. The molecular formula is C14H22ClNO3S. The molecule has 0 unspecified atom stereocenters. The standard InChI is InChI=1S/C14H22ClNO3S/c1-5-8-16(11(2)3)20(17,18)14-7-6-12(10-15)9-13(14)19-4/h6-7,9,11H,5,8,10H2,1-4H3. The van der Waals surface area contributed by atoms with Crippen molar-refractivity contribution in [2.24, 2.45) is 0 Å².